The fraction of sp³-hybridized carbons (Fsp3) is 0.152. The maximum atomic E-state index is 15.2. The number of carbonyl (C=O) groups is 1. The highest BCUT2D eigenvalue weighted by atomic mass is 32.2. The number of aromatic carboxylic acids is 1. The maximum absolute atomic E-state index is 15.2. The van der Waals surface area contributed by atoms with E-state index in [1.165, 1.54) is 69.9 Å². The van der Waals surface area contributed by atoms with Gasteiger partial charge in [-0.05, 0) is 65.7 Å². The molecule has 12 heteroatoms. The number of ether oxygens (including phenoxy) is 3. The van der Waals surface area contributed by atoms with Crippen molar-refractivity contribution < 1.29 is 37.3 Å². The predicted molar refractivity (Wildman–Crippen MR) is 166 cm³/mol. The topological polar surface area (TPSA) is 96.9 Å². The van der Waals surface area contributed by atoms with Crippen molar-refractivity contribution in [2.45, 2.75) is 10.9 Å². The minimum Gasteiger partial charge on any atom is -0.494 e. The molecule has 0 radical (unpaired) electrons. The monoisotopic (exact) mass is 635 g/mol. The number of nitrogens with one attached hydrogen (secondary N) is 1. The number of imidazole rings is 1. The third kappa shape index (κ3) is 6.55. The Bertz CT molecular complexity index is 1840. The molecule has 0 saturated carbocycles. The van der Waals surface area contributed by atoms with E-state index in [1.807, 2.05) is 6.07 Å². The third-order valence-electron chi connectivity index (χ3n) is 7.13. The lowest BCUT2D eigenvalue weighted by atomic mass is 10.0. The van der Waals surface area contributed by atoms with Crippen LogP contribution in [0.15, 0.2) is 78.0 Å². The molecule has 5 rings (SSSR count). The van der Waals surface area contributed by atoms with Gasteiger partial charge in [0.2, 0.25) is 0 Å². The van der Waals surface area contributed by atoms with Crippen LogP contribution in [0.25, 0.3) is 22.4 Å². The van der Waals surface area contributed by atoms with Crippen molar-refractivity contribution in [1.29, 1.82) is 0 Å². The van der Waals surface area contributed by atoms with Gasteiger partial charge in [0.1, 0.15) is 11.6 Å². The largest absolute Gasteiger partial charge is 0.494 e. The molecule has 8 nitrogen and oxygen atoms in total. The van der Waals surface area contributed by atoms with Crippen molar-refractivity contribution >= 4 is 29.2 Å². The number of carboxylic acids is 1. The average molecular weight is 636 g/mol. The van der Waals surface area contributed by atoms with E-state index in [2.05, 4.69) is 4.98 Å². The predicted octanol–water partition coefficient (Wildman–Crippen LogP) is 7.95. The number of H-pyrrole nitrogens is 1. The summed E-state index contributed by atoms with van der Waals surface area (Å²) in [5.41, 5.74) is 2.47. The molecule has 0 aliphatic rings. The molecular formula is C33H28F3N3O5S. The number of rotatable bonds is 11. The van der Waals surface area contributed by atoms with Gasteiger partial charge in [-0.1, -0.05) is 23.9 Å². The summed E-state index contributed by atoms with van der Waals surface area (Å²) in [7, 11) is 6.22. The number of benzene rings is 4. The fourth-order valence-electron chi connectivity index (χ4n) is 4.68. The number of methoxy groups -OCH3 is 3. The van der Waals surface area contributed by atoms with Crippen LogP contribution in [0.2, 0.25) is 0 Å². The number of nitrogens with zero attached hydrogens (tertiary/aromatic N) is 2. The number of anilines is 2. The van der Waals surface area contributed by atoms with Gasteiger partial charge in [0, 0.05) is 35.7 Å². The van der Waals surface area contributed by atoms with Gasteiger partial charge in [0.25, 0.3) is 0 Å². The molecule has 4 aromatic carbocycles. The molecule has 0 atom stereocenters. The van der Waals surface area contributed by atoms with E-state index in [-0.39, 0.29) is 28.2 Å². The third-order valence-corrected chi connectivity index (χ3v) is 8.03. The van der Waals surface area contributed by atoms with Crippen LogP contribution >= 0.6 is 11.8 Å². The van der Waals surface area contributed by atoms with Crippen molar-refractivity contribution in [2.24, 2.45) is 0 Å². The van der Waals surface area contributed by atoms with Crippen LogP contribution in [0.4, 0.5) is 24.7 Å². The molecule has 0 bridgehead atoms. The number of carboxylic acid groups (broad SMARTS) is 1. The van der Waals surface area contributed by atoms with E-state index in [0.717, 1.165) is 11.8 Å². The molecule has 0 amide bonds. The van der Waals surface area contributed by atoms with Gasteiger partial charge in [-0.15, -0.1) is 0 Å². The highest BCUT2D eigenvalue weighted by molar-refractivity contribution is 7.98. The first-order valence-corrected chi connectivity index (χ1v) is 14.5. The Morgan fingerprint density at radius 3 is 2.07 bits per heavy atom. The molecule has 2 N–H and O–H groups in total. The smallest absolute Gasteiger partial charge is 0.335 e. The zero-order valence-electron chi connectivity index (χ0n) is 24.7. The molecule has 0 spiro atoms. The SMILES string of the molecule is COc1cc(-c2[nH]c(SCc3c(F)cc(-c4ccc(C(=O)O)cc4)cc3F)nc2N(C)c2ccc(OC)c(OC)c2)ccc1F. The van der Waals surface area contributed by atoms with Gasteiger partial charge >= 0.3 is 5.97 Å². The average Bonchev–Trinajstić information content (AvgIpc) is 3.48. The lowest BCUT2D eigenvalue weighted by Gasteiger charge is -2.20. The Kier molecular flexibility index (Phi) is 9.24. The molecule has 1 aromatic heterocycles. The summed E-state index contributed by atoms with van der Waals surface area (Å²) in [5, 5.41) is 9.47. The Morgan fingerprint density at radius 2 is 1.44 bits per heavy atom. The molecular weight excluding hydrogens is 607 g/mol. The number of hydrogen-bond acceptors (Lipinski definition) is 7. The normalized spacial score (nSPS) is 10.9. The summed E-state index contributed by atoms with van der Waals surface area (Å²) < 4.78 is 60.6. The molecule has 45 heavy (non-hydrogen) atoms. The van der Waals surface area contributed by atoms with Gasteiger partial charge < -0.3 is 29.2 Å². The molecule has 232 valence electrons. The van der Waals surface area contributed by atoms with E-state index in [4.69, 9.17) is 24.3 Å². The Labute approximate surface area is 261 Å². The summed E-state index contributed by atoms with van der Waals surface area (Å²) in [4.78, 5) is 20.9. The molecule has 0 saturated heterocycles. The Hall–Kier alpha value is -5.10. The number of aromatic amines is 1. The van der Waals surface area contributed by atoms with E-state index < -0.39 is 23.4 Å². The van der Waals surface area contributed by atoms with E-state index in [0.29, 0.717) is 45.0 Å². The first kappa shape index (κ1) is 31.3. The molecule has 5 aromatic rings. The molecule has 0 aliphatic heterocycles. The molecule has 0 unspecified atom stereocenters. The summed E-state index contributed by atoms with van der Waals surface area (Å²) in [6.07, 6.45) is 0. The van der Waals surface area contributed by atoms with Crippen molar-refractivity contribution in [2.75, 3.05) is 33.3 Å². The first-order chi connectivity index (χ1) is 21.6. The van der Waals surface area contributed by atoms with E-state index >= 15 is 8.78 Å². The van der Waals surface area contributed by atoms with Crippen molar-refractivity contribution in [3.05, 3.63) is 101 Å². The zero-order valence-corrected chi connectivity index (χ0v) is 25.5. The van der Waals surface area contributed by atoms with Gasteiger partial charge in [0.15, 0.2) is 34.0 Å². The summed E-state index contributed by atoms with van der Waals surface area (Å²) in [6, 6.07) is 17.9. The molecule has 0 fully saturated rings. The van der Waals surface area contributed by atoms with Crippen molar-refractivity contribution in [3.63, 3.8) is 0 Å². The fourth-order valence-corrected chi connectivity index (χ4v) is 5.56. The van der Waals surface area contributed by atoms with Gasteiger partial charge in [0.05, 0.1) is 32.6 Å². The van der Waals surface area contributed by atoms with Crippen LogP contribution in [0, 0.1) is 17.5 Å². The lowest BCUT2D eigenvalue weighted by molar-refractivity contribution is 0.0697. The van der Waals surface area contributed by atoms with Crippen LogP contribution < -0.4 is 19.1 Å². The Balaban J connectivity index is 1.47. The van der Waals surface area contributed by atoms with E-state index in [9.17, 15) is 9.18 Å². The number of aromatic nitrogens is 2. The van der Waals surface area contributed by atoms with Gasteiger partial charge in [-0.3, -0.25) is 0 Å². The highest BCUT2D eigenvalue weighted by Gasteiger charge is 2.21. The second-order valence-corrected chi connectivity index (χ2v) is 10.7. The lowest BCUT2D eigenvalue weighted by Crippen LogP contribution is -2.11. The second-order valence-electron chi connectivity index (χ2n) is 9.78. The van der Waals surface area contributed by atoms with Crippen molar-refractivity contribution in [1.82, 2.24) is 9.97 Å². The minimum absolute atomic E-state index is 0.0397. The number of thioether (sulfide) groups is 1. The molecule has 1 heterocycles. The second kappa shape index (κ2) is 13.3. The van der Waals surface area contributed by atoms with Gasteiger partial charge in [-0.2, -0.15) is 0 Å². The van der Waals surface area contributed by atoms with E-state index in [1.54, 1.807) is 30.1 Å². The summed E-state index contributed by atoms with van der Waals surface area (Å²) in [6.45, 7) is 0. The van der Waals surface area contributed by atoms with Crippen LogP contribution in [0.1, 0.15) is 15.9 Å². The zero-order chi connectivity index (χ0) is 32.2. The highest BCUT2D eigenvalue weighted by Crippen LogP contribution is 2.40. The number of halogens is 3. The van der Waals surface area contributed by atoms with Crippen molar-refractivity contribution in [3.8, 4) is 39.6 Å². The molecule has 0 aliphatic carbocycles. The maximum Gasteiger partial charge on any atom is 0.335 e. The summed E-state index contributed by atoms with van der Waals surface area (Å²) in [5.74, 6) is -1.67. The first-order valence-electron chi connectivity index (χ1n) is 13.5. The standard InChI is InChI=1S/C33H28F3N3O5S/c1-39(22-10-12-27(42-2)29(16-22)44-4)31-30(20-9-11-24(34)28(15-20)43-3)37-33(38-31)45-17-23-25(35)13-21(14-26(23)36)18-5-7-19(8-6-18)32(40)41/h5-16H,17H2,1-4H3,(H,37,38)(H,40,41). The van der Waals surface area contributed by atoms with Crippen LogP contribution in [-0.4, -0.2) is 49.4 Å². The minimum atomic E-state index is -1.09. The summed E-state index contributed by atoms with van der Waals surface area (Å²) >= 11 is 1.09. The van der Waals surface area contributed by atoms with Crippen LogP contribution in [0.5, 0.6) is 17.2 Å². The Morgan fingerprint density at radius 1 is 0.800 bits per heavy atom. The number of hydrogen-bond donors (Lipinski definition) is 2. The van der Waals surface area contributed by atoms with Crippen LogP contribution in [0.3, 0.4) is 0 Å². The van der Waals surface area contributed by atoms with Gasteiger partial charge in [-0.25, -0.2) is 22.9 Å². The quantitative estimate of drug-likeness (QED) is 0.141. The van der Waals surface area contributed by atoms with Crippen LogP contribution in [-0.2, 0) is 5.75 Å².